The van der Waals surface area contributed by atoms with Gasteiger partial charge in [0.15, 0.2) is 0 Å². The van der Waals surface area contributed by atoms with Crippen LogP contribution in [0.25, 0.3) is 0 Å². The predicted octanol–water partition coefficient (Wildman–Crippen LogP) is 0.646. The van der Waals surface area contributed by atoms with Crippen molar-refractivity contribution in [3.63, 3.8) is 0 Å². The normalized spacial score (nSPS) is 14.6. The Morgan fingerprint density at radius 3 is 2.03 bits per heavy atom. The monoisotopic (exact) mass is 419 g/mol. The third-order valence-corrected chi connectivity index (χ3v) is 5.63. The largest absolute Gasteiger partial charge is 0.507 e. The zero-order valence-electron chi connectivity index (χ0n) is 15.7. The maximum Gasteiger partial charge on any atom is 0.257 e. The summed E-state index contributed by atoms with van der Waals surface area (Å²) in [5.74, 6) is -0.596. The number of phenolic OH excluding ortho intramolecular Hbond substituents is 1. The number of sulfonamides is 1. The molecule has 1 aliphatic rings. The number of carbonyl (C=O) groups is 2. The molecule has 0 saturated carbocycles. The number of ether oxygens (including phenoxy) is 1. The van der Waals surface area contributed by atoms with Gasteiger partial charge in [-0.1, -0.05) is 12.1 Å². The molecule has 2 aromatic carbocycles. The van der Waals surface area contributed by atoms with Gasteiger partial charge in [-0.15, -0.1) is 0 Å². The van der Waals surface area contributed by atoms with E-state index in [1.165, 1.54) is 36.3 Å². The molecule has 154 valence electrons. The van der Waals surface area contributed by atoms with Crippen molar-refractivity contribution in [1.82, 2.24) is 9.80 Å². The minimum atomic E-state index is -3.97. The number of piperazine rings is 1. The lowest BCUT2D eigenvalue weighted by Crippen LogP contribution is -2.50. The summed E-state index contributed by atoms with van der Waals surface area (Å²) >= 11 is 0. The number of para-hydroxylation sites is 1. The zero-order valence-corrected chi connectivity index (χ0v) is 16.6. The number of rotatable bonds is 4. The smallest absolute Gasteiger partial charge is 0.257 e. The van der Waals surface area contributed by atoms with E-state index in [1.807, 2.05) is 0 Å². The lowest BCUT2D eigenvalue weighted by atomic mass is 10.1. The second-order valence-corrected chi connectivity index (χ2v) is 8.07. The first-order valence-corrected chi connectivity index (χ1v) is 10.3. The van der Waals surface area contributed by atoms with Crippen molar-refractivity contribution < 1.29 is 27.9 Å². The van der Waals surface area contributed by atoms with E-state index >= 15 is 0 Å². The van der Waals surface area contributed by atoms with Crippen LogP contribution < -0.4 is 9.88 Å². The first kappa shape index (κ1) is 20.6. The van der Waals surface area contributed by atoms with Crippen LogP contribution in [-0.2, 0) is 10.0 Å². The third-order valence-electron chi connectivity index (χ3n) is 4.72. The molecule has 29 heavy (non-hydrogen) atoms. The van der Waals surface area contributed by atoms with Crippen molar-refractivity contribution in [2.24, 2.45) is 5.14 Å². The van der Waals surface area contributed by atoms with Crippen LogP contribution in [0.4, 0.5) is 0 Å². The Labute approximate surface area is 168 Å². The summed E-state index contributed by atoms with van der Waals surface area (Å²) in [4.78, 5) is 28.4. The summed E-state index contributed by atoms with van der Waals surface area (Å²) in [6.45, 7) is 1.05. The predicted molar refractivity (Wildman–Crippen MR) is 104 cm³/mol. The number of primary sulfonamides is 1. The Morgan fingerprint density at radius 2 is 1.52 bits per heavy atom. The molecule has 2 aromatic rings. The molecular formula is C19H21N3O6S. The van der Waals surface area contributed by atoms with Gasteiger partial charge in [-0.05, 0) is 30.3 Å². The number of hydrogen-bond donors (Lipinski definition) is 2. The maximum atomic E-state index is 12.9. The number of benzene rings is 2. The molecule has 0 bridgehead atoms. The number of amides is 2. The number of aromatic hydroxyl groups is 1. The molecular weight excluding hydrogens is 398 g/mol. The summed E-state index contributed by atoms with van der Waals surface area (Å²) in [6.07, 6.45) is 0. The molecule has 1 aliphatic heterocycles. The minimum absolute atomic E-state index is 0.0829. The van der Waals surface area contributed by atoms with E-state index in [0.717, 1.165) is 0 Å². The van der Waals surface area contributed by atoms with Crippen molar-refractivity contribution >= 4 is 21.8 Å². The SMILES string of the molecule is COc1ccc(S(N)(=O)=O)cc1C(=O)N1CCN(C(=O)c2ccccc2O)CC1. The lowest BCUT2D eigenvalue weighted by molar-refractivity contribution is 0.0531. The molecule has 9 nitrogen and oxygen atoms in total. The topological polar surface area (TPSA) is 130 Å². The molecule has 3 rings (SSSR count). The summed E-state index contributed by atoms with van der Waals surface area (Å²) < 4.78 is 28.4. The van der Waals surface area contributed by atoms with Crippen LogP contribution in [0.1, 0.15) is 20.7 Å². The van der Waals surface area contributed by atoms with Crippen LogP contribution in [0.5, 0.6) is 11.5 Å². The Balaban J connectivity index is 1.75. The van der Waals surface area contributed by atoms with Crippen LogP contribution >= 0.6 is 0 Å². The van der Waals surface area contributed by atoms with Crippen LogP contribution in [0.3, 0.4) is 0 Å². The molecule has 0 unspecified atom stereocenters. The van der Waals surface area contributed by atoms with E-state index in [-0.39, 0.29) is 59.6 Å². The maximum absolute atomic E-state index is 12.9. The van der Waals surface area contributed by atoms with Gasteiger partial charge in [-0.2, -0.15) is 0 Å². The molecule has 0 aromatic heterocycles. The fraction of sp³-hybridized carbons (Fsp3) is 0.263. The van der Waals surface area contributed by atoms with E-state index < -0.39 is 15.9 Å². The second-order valence-electron chi connectivity index (χ2n) is 6.51. The number of phenols is 1. The van der Waals surface area contributed by atoms with Gasteiger partial charge in [-0.25, -0.2) is 13.6 Å². The standard InChI is InChI=1S/C19H21N3O6S/c1-28-17-7-6-13(29(20,26)27)12-15(17)19(25)22-10-8-21(9-11-22)18(24)14-4-2-3-5-16(14)23/h2-7,12,23H,8-11H2,1H3,(H2,20,26,27). The molecule has 1 saturated heterocycles. The van der Waals surface area contributed by atoms with Crippen molar-refractivity contribution in [3.05, 3.63) is 53.6 Å². The molecule has 10 heteroatoms. The number of hydrogen-bond acceptors (Lipinski definition) is 6. The average molecular weight is 419 g/mol. The van der Waals surface area contributed by atoms with Crippen LogP contribution in [0.2, 0.25) is 0 Å². The second kappa shape index (κ2) is 8.10. The average Bonchev–Trinajstić information content (AvgIpc) is 2.72. The highest BCUT2D eigenvalue weighted by Gasteiger charge is 2.28. The van der Waals surface area contributed by atoms with Gasteiger partial charge >= 0.3 is 0 Å². The summed E-state index contributed by atoms with van der Waals surface area (Å²) in [6, 6.07) is 10.1. The van der Waals surface area contributed by atoms with Gasteiger partial charge < -0.3 is 19.6 Å². The van der Waals surface area contributed by atoms with Gasteiger partial charge in [0.25, 0.3) is 11.8 Å². The van der Waals surface area contributed by atoms with Gasteiger partial charge in [0.05, 0.1) is 23.1 Å². The molecule has 0 spiro atoms. The molecule has 1 heterocycles. The van der Waals surface area contributed by atoms with Crippen molar-refractivity contribution in [2.45, 2.75) is 4.90 Å². The highest BCUT2D eigenvalue weighted by atomic mass is 32.2. The highest BCUT2D eigenvalue weighted by molar-refractivity contribution is 7.89. The summed E-state index contributed by atoms with van der Waals surface area (Å²) in [7, 11) is -2.59. The van der Waals surface area contributed by atoms with E-state index in [2.05, 4.69) is 0 Å². The van der Waals surface area contributed by atoms with Gasteiger partial charge in [0, 0.05) is 26.2 Å². The molecule has 0 atom stereocenters. The fourth-order valence-corrected chi connectivity index (χ4v) is 3.68. The van der Waals surface area contributed by atoms with E-state index in [1.54, 1.807) is 23.1 Å². The first-order chi connectivity index (χ1) is 13.7. The number of carbonyl (C=O) groups excluding carboxylic acids is 2. The van der Waals surface area contributed by atoms with Gasteiger partial charge in [-0.3, -0.25) is 9.59 Å². The molecule has 3 N–H and O–H groups in total. The quantitative estimate of drug-likeness (QED) is 0.748. The van der Waals surface area contributed by atoms with E-state index in [0.29, 0.717) is 0 Å². The fourth-order valence-electron chi connectivity index (χ4n) is 3.14. The van der Waals surface area contributed by atoms with E-state index in [9.17, 15) is 23.1 Å². The Kier molecular flexibility index (Phi) is 5.76. The molecule has 1 fully saturated rings. The summed E-state index contributed by atoms with van der Waals surface area (Å²) in [5, 5.41) is 15.0. The molecule has 2 amide bonds. The number of nitrogens with zero attached hydrogens (tertiary/aromatic N) is 2. The van der Waals surface area contributed by atoms with Crippen molar-refractivity contribution in [1.29, 1.82) is 0 Å². The van der Waals surface area contributed by atoms with Crippen LogP contribution in [-0.4, -0.2) is 68.4 Å². The minimum Gasteiger partial charge on any atom is -0.507 e. The van der Waals surface area contributed by atoms with Crippen molar-refractivity contribution in [2.75, 3.05) is 33.3 Å². The summed E-state index contributed by atoms with van der Waals surface area (Å²) in [5.41, 5.74) is 0.286. The lowest BCUT2D eigenvalue weighted by Gasteiger charge is -2.35. The number of nitrogens with two attached hydrogens (primary N) is 1. The Bertz CT molecular complexity index is 1050. The Hall–Kier alpha value is -3.11. The van der Waals surface area contributed by atoms with Gasteiger partial charge in [0.2, 0.25) is 10.0 Å². The van der Waals surface area contributed by atoms with Crippen LogP contribution in [0, 0.1) is 0 Å². The van der Waals surface area contributed by atoms with Gasteiger partial charge in [0.1, 0.15) is 11.5 Å². The molecule has 0 aliphatic carbocycles. The highest BCUT2D eigenvalue weighted by Crippen LogP contribution is 2.25. The first-order valence-electron chi connectivity index (χ1n) is 8.79. The van der Waals surface area contributed by atoms with E-state index in [4.69, 9.17) is 9.88 Å². The zero-order chi connectivity index (χ0) is 21.2. The van der Waals surface area contributed by atoms with Crippen LogP contribution in [0.15, 0.2) is 47.4 Å². The number of methoxy groups -OCH3 is 1. The third kappa shape index (κ3) is 4.33. The van der Waals surface area contributed by atoms with Crippen molar-refractivity contribution in [3.8, 4) is 11.5 Å². The molecule has 0 radical (unpaired) electrons. The Morgan fingerprint density at radius 1 is 0.966 bits per heavy atom.